The number of fused-ring (bicyclic) bond motifs is 3. The summed E-state index contributed by atoms with van der Waals surface area (Å²) >= 11 is 0. The molecule has 636 valence electrons. The molecule has 0 aromatic heterocycles. The minimum atomic E-state index is -7.41. The molecule has 0 saturated heterocycles. The molecule has 0 saturated carbocycles. The lowest BCUT2D eigenvalue weighted by molar-refractivity contribution is 0.379. The van der Waals surface area contributed by atoms with Crippen LogP contribution in [0.1, 0.15) is 0 Å². The van der Waals surface area contributed by atoms with Gasteiger partial charge in [-0.1, -0.05) is 0 Å². The van der Waals surface area contributed by atoms with Crippen LogP contribution in [0.15, 0.2) is 0 Å². The van der Waals surface area contributed by atoms with Gasteiger partial charge in [-0.05, 0) is 0 Å². The summed E-state index contributed by atoms with van der Waals surface area (Å²) in [6.45, 7) is -5.36. The summed E-state index contributed by atoms with van der Waals surface area (Å²) < 4.78 is 738. The SMILES string of the molecule is Fc1c(F)c(F)c([B-](c2c(F)c(F)c(F)c(F)c2F)(c2c(F)c(F)c(F)c(F)c2F)c2c(F)c(F)c3c(F)c(F)c(F)c(F)c3c2F)c(F)c1F.Fc1c(F)c(F)c([BH-](c2c(F)c(F)c(F)c(F)c2F)c2c(F)c(F)c3c(F)c(F)c(F)c(F)c3c2F)c(F)c1F.Fc1c(F)c(F)c([BH2-]c2c(F)c(F)c3c(F)c(F)c(F)c(F)c3c2F)c(F)c1F. The van der Waals surface area contributed by atoms with Crippen molar-refractivity contribution in [1.29, 1.82) is 0 Å². The first-order valence-corrected chi connectivity index (χ1v) is 30.1. The normalized spacial score (nSPS) is 11.9. The third kappa shape index (κ3) is 12.7. The van der Waals surface area contributed by atoms with Gasteiger partial charge < -0.3 is 0 Å². The van der Waals surface area contributed by atoms with E-state index >= 15 is 48.3 Å². The monoisotopic (exact) mass is 1800 g/mol. The van der Waals surface area contributed by atoms with Gasteiger partial charge in [-0.25, -0.2) is 224 Å². The smallest absolute Gasteiger partial charge is 0.200 e. The van der Waals surface area contributed by atoms with Crippen LogP contribution >= 0.6 is 0 Å². The van der Waals surface area contributed by atoms with Crippen LogP contribution < -0.4 is 49.2 Å². The molecule has 0 N–H and O–H groups in total. The molecule has 0 nitrogen and oxygen atoms in total. The molecule has 12 aromatic carbocycles. The summed E-state index contributed by atoms with van der Waals surface area (Å²) in [5.41, 5.74) is -26.2. The molecular weight excluding hydrogens is 1790 g/mol. The highest BCUT2D eigenvalue weighted by Gasteiger charge is 2.53. The molecule has 0 amide bonds. The Hall–Kier alpha value is -12.0. The van der Waals surface area contributed by atoms with Crippen LogP contribution in [0, 0.1) is 297 Å². The molecule has 12 rings (SSSR count). The second-order valence-corrected chi connectivity index (χ2v) is 24.2. The van der Waals surface area contributed by atoms with Crippen molar-refractivity contribution in [3.05, 3.63) is 297 Å². The van der Waals surface area contributed by atoms with Crippen LogP contribution in [0.25, 0.3) is 32.3 Å². The van der Waals surface area contributed by atoms with Crippen molar-refractivity contribution >= 4 is 102 Å². The average molecular weight is 1800 g/mol. The van der Waals surface area contributed by atoms with Gasteiger partial charge in [-0.3, -0.25) is 0 Å². The summed E-state index contributed by atoms with van der Waals surface area (Å²) in [5, 5.41) is -14.5. The highest BCUT2D eigenvalue weighted by atomic mass is 19.2. The second-order valence-electron chi connectivity index (χ2n) is 24.2. The first kappa shape index (κ1) is 90.4. The Morgan fingerprint density at radius 2 is 0.242 bits per heavy atom. The molecule has 0 aliphatic heterocycles. The molecule has 0 aliphatic rings. The summed E-state index contributed by atoms with van der Waals surface area (Å²) in [4.78, 5) is 0. The van der Waals surface area contributed by atoms with Gasteiger partial charge in [0.2, 0.25) is 0 Å². The van der Waals surface area contributed by atoms with Gasteiger partial charge >= 0.3 is 0 Å². The highest BCUT2D eigenvalue weighted by Crippen LogP contribution is 2.39. The molecule has 54 heteroatoms. The lowest BCUT2D eigenvalue weighted by atomic mass is 9.12. The molecule has 0 unspecified atom stereocenters. The summed E-state index contributed by atoms with van der Waals surface area (Å²) in [5.74, 6) is -160. The van der Waals surface area contributed by atoms with Crippen molar-refractivity contribution in [1.82, 2.24) is 0 Å². The van der Waals surface area contributed by atoms with Crippen LogP contribution in [-0.4, -0.2) is 20.1 Å². The summed E-state index contributed by atoms with van der Waals surface area (Å²) in [6, 6.07) is 0. The number of rotatable bonds is 9. The molecule has 12 aromatic rings. The van der Waals surface area contributed by atoms with E-state index in [0.29, 0.717) is 0 Å². The fourth-order valence-corrected chi connectivity index (χ4v) is 13.1. The fourth-order valence-electron chi connectivity index (χ4n) is 13.1. The lowest BCUT2D eigenvalue weighted by Gasteiger charge is -2.45. The number of halogens is 51. The predicted molar refractivity (Wildman–Crippen MR) is 307 cm³/mol. The van der Waals surface area contributed by atoms with Gasteiger partial charge in [0, 0.05) is 7.28 Å². The lowest BCUT2D eigenvalue weighted by Crippen LogP contribution is -2.81. The molecule has 0 spiro atoms. The van der Waals surface area contributed by atoms with Crippen LogP contribution in [-0.2, 0) is 0 Å². The van der Waals surface area contributed by atoms with Crippen molar-refractivity contribution in [2.45, 2.75) is 0 Å². The van der Waals surface area contributed by atoms with Gasteiger partial charge in [0.25, 0.3) is 0 Å². The number of benzene rings is 12. The first-order valence-electron chi connectivity index (χ1n) is 30.1. The Morgan fingerprint density at radius 1 is 0.117 bits per heavy atom. The summed E-state index contributed by atoms with van der Waals surface area (Å²) in [6.07, 6.45) is -7.41. The van der Waals surface area contributed by atoms with Crippen molar-refractivity contribution in [2.24, 2.45) is 0 Å². The van der Waals surface area contributed by atoms with Gasteiger partial charge in [0.1, 0.15) is 111 Å². The van der Waals surface area contributed by atoms with Crippen molar-refractivity contribution in [3.63, 3.8) is 0 Å². The van der Waals surface area contributed by atoms with Crippen LogP contribution in [0.3, 0.4) is 0 Å². The maximum Gasteiger partial charge on any atom is 0.200 e. The van der Waals surface area contributed by atoms with E-state index in [1.807, 2.05) is 0 Å². The third-order valence-electron chi connectivity index (χ3n) is 18.4. The topological polar surface area (TPSA) is 0 Å². The second kappa shape index (κ2) is 31.3. The van der Waals surface area contributed by atoms with Crippen LogP contribution in [0.4, 0.5) is 224 Å². The fraction of sp³-hybridized carbons (Fsp3) is 0. The molecule has 0 atom stereocenters. The van der Waals surface area contributed by atoms with Gasteiger partial charge in [-0.2, -0.15) is 0 Å². The zero-order valence-corrected chi connectivity index (χ0v) is 54.6. The molecule has 0 fully saturated rings. The Labute approximate surface area is 621 Å². The Bertz CT molecular complexity index is 6190. The maximum atomic E-state index is 16.4. The van der Waals surface area contributed by atoms with Crippen molar-refractivity contribution < 1.29 is 224 Å². The van der Waals surface area contributed by atoms with E-state index in [2.05, 4.69) is 0 Å². The van der Waals surface area contributed by atoms with E-state index in [9.17, 15) is 176 Å². The van der Waals surface area contributed by atoms with E-state index in [-0.39, 0.29) is 0 Å². The highest BCUT2D eigenvalue weighted by molar-refractivity contribution is 7.20. The van der Waals surface area contributed by atoms with Crippen molar-refractivity contribution in [2.75, 3.05) is 0 Å². The van der Waals surface area contributed by atoms with E-state index in [1.165, 1.54) is 0 Å². The van der Waals surface area contributed by atoms with E-state index in [4.69, 9.17) is 0 Å². The standard InChI is InChI=1S/C28BF22.C22HBF17.C16H2BF12/c30-7-1-2(10(33)19(42)18(41)9(1)32)8(31)11(34)3(7)29(4-12(35)20(43)26(49)21(44)13(4)36,5-14(37)22(45)27(50)23(46)15(5)38)6-16(39)24(47)28(51)25(48)17(6)40;24-6-1-2(9(27)16(34)15(33)8(1)26)7(25)10(28)3(6)23(4-11(29)17(35)21(39)18(36)12(4)30)5-13(31)19(37)22(40)20(38)14(5)32;18-5-1-2(8(21)13(26)12(25)7(1)20)6(19)9(22)3(5)17-4-10(23)14(27)16(29)15(28)11(4)24/h;23H;17H2/q3*-1. The van der Waals surface area contributed by atoms with Crippen LogP contribution in [0.5, 0.6) is 0 Å². The van der Waals surface area contributed by atoms with E-state index in [0.717, 1.165) is 0 Å². The molecule has 0 heterocycles. The van der Waals surface area contributed by atoms with Gasteiger partial charge in [0.05, 0.1) is 39.0 Å². The largest absolute Gasteiger partial charge is 0.210 e. The number of hydrogen-bond donors (Lipinski definition) is 0. The third-order valence-corrected chi connectivity index (χ3v) is 18.4. The number of hydrogen-bond acceptors (Lipinski definition) is 0. The Morgan fingerprint density at radius 3 is 0.500 bits per heavy atom. The van der Waals surface area contributed by atoms with E-state index in [1.54, 1.807) is 0 Å². The minimum absolute atomic E-state index is 1.69. The molecule has 0 aliphatic carbocycles. The molecular formula is C66H3B3F51-3. The molecule has 0 radical (unpaired) electrons. The Balaban J connectivity index is 0.000000196. The maximum absolute atomic E-state index is 16.4. The zero-order chi connectivity index (χ0) is 90.9. The Kier molecular flexibility index (Phi) is 23.6. The quantitative estimate of drug-likeness (QED) is 0.0585. The van der Waals surface area contributed by atoms with E-state index < -0.39 is 398 Å². The van der Waals surface area contributed by atoms with Crippen LogP contribution in [0.2, 0.25) is 0 Å². The average Bonchev–Trinajstić information content (AvgIpc) is 0.674. The van der Waals surface area contributed by atoms with Crippen molar-refractivity contribution in [3.8, 4) is 0 Å². The zero-order valence-electron chi connectivity index (χ0n) is 54.6. The van der Waals surface area contributed by atoms with Gasteiger partial charge in [0.15, 0.2) is 192 Å². The molecule has 0 bridgehead atoms. The predicted octanol–water partition coefficient (Wildman–Crippen LogP) is 16.4. The minimum Gasteiger partial charge on any atom is -0.210 e. The summed E-state index contributed by atoms with van der Waals surface area (Å²) in [7, 11) is -3.30. The van der Waals surface area contributed by atoms with Gasteiger partial charge in [-0.15, -0.1) is 49.2 Å². The molecule has 120 heavy (non-hydrogen) atoms. The first-order chi connectivity index (χ1) is 55.4.